The summed E-state index contributed by atoms with van der Waals surface area (Å²) in [5.74, 6) is 0.366. The molecule has 3 aromatic rings. The average Bonchev–Trinajstić information content (AvgIpc) is 2.70. The van der Waals surface area contributed by atoms with Gasteiger partial charge in [0.25, 0.3) is 0 Å². The third-order valence-electron chi connectivity index (χ3n) is 4.28. The minimum absolute atomic E-state index is 0.0528. The number of hydrogen-bond acceptors (Lipinski definition) is 5. The molecule has 0 amide bonds. The molecule has 32 heavy (non-hydrogen) atoms. The summed E-state index contributed by atoms with van der Waals surface area (Å²) in [5, 5.41) is 2.53. The van der Waals surface area contributed by atoms with Crippen molar-refractivity contribution in [1.29, 1.82) is 0 Å². The van der Waals surface area contributed by atoms with Gasteiger partial charge in [0.2, 0.25) is 0 Å². The Morgan fingerprint density at radius 2 is 1.66 bits per heavy atom. The van der Waals surface area contributed by atoms with E-state index in [0.29, 0.717) is 22.6 Å². The lowest BCUT2D eigenvalue weighted by Crippen LogP contribution is -2.21. The second kappa shape index (κ2) is 9.55. The molecule has 1 heterocycles. The van der Waals surface area contributed by atoms with Gasteiger partial charge in [0.15, 0.2) is 0 Å². The maximum atomic E-state index is 12.9. The Morgan fingerprint density at radius 1 is 0.969 bits per heavy atom. The van der Waals surface area contributed by atoms with Crippen LogP contribution in [0, 0.1) is 0 Å². The zero-order valence-corrected chi connectivity index (χ0v) is 17.6. The Hall–Kier alpha value is -2.50. The molecule has 0 spiro atoms. The SMILES string of the molecule is NC(CNc1cc(-c2ccc(C(F)(F)F)c(Cl)c2)ncn1)c1ccc(SC(F)(F)F)cc1. The van der Waals surface area contributed by atoms with E-state index in [1.54, 1.807) is 0 Å². The highest BCUT2D eigenvalue weighted by atomic mass is 35.5. The Morgan fingerprint density at radius 3 is 2.25 bits per heavy atom. The maximum Gasteiger partial charge on any atom is 0.446 e. The predicted octanol–water partition coefficient (Wildman–Crippen LogP) is 6.54. The molecule has 0 aliphatic heterocycles. The van der Waals surface area contributed by atoms with Gasteiger partial charge in [-0.05, 0) is 41.6 Å². The molecule has 170 valence electrons. The van der Waals surface area contributed by atoms with Gasteiger partial charge in [-0.2, -0.15) is 26.3 Å². The average molecular weight is 493 g/mol. The summed E-state index contributed by atoms with van der Waals surface area (Å²) in [7, 11) is 0. The van der Waals surface area contributed by atoms with Gasteiger partial charge in [-0.1, -0.05) is 29.8 Å². The van der Waals surface area contributed by atoms with Crippen LogP contribution in [-0.2, 0) is 6.18 Å². The molecule has 1 unspecified atom stereocenters. The molecule has 2 aromatic carbocycles. The fourth-order valence-electron chi connectivity index (χ4n) is 2.77. The van der Waals surface area contributed by atoms with Gasteiger partial charge in [0.05, 0.1) is 16.3 Å². The molecule has 0 radical (unpaired) electrons. The number of nitrogens with one attached hydrogen (secondary N) is 1. The molecule has 0 aliphatic rings. The first-order chi connectivity index (χ1) is 14.9. The van der Waals surface area contributed by atoms with Crippen LogP contribution in [0.3, 0.4) is 0 Å². The van der Waals surface area contributed by atoms with E-state index in [0.717, 1.165) is 6.07 Å². The highest BCUT2D eigenvalue weighted by molar-refractivity contribution is 8.00. The molecule has 3 rings (SSSR count). The Bertz CT molecular complexity index is 1070. The largest absolute Gasteiger partial charge is 0.446 e. The Kier molecular flexibility index (Phi) is 7.21. The molecule has 12 heteroatoms. The quantitative estimate of drug-likeness (QED) is 0.302. The predicted molar refractivity (Wildman–Crippen MR) is 111 cm³/mol. The van der Waals surface area contributed by atoms with Crippen LogP contribution < -0.4 is 11.1 Å². The molecule has 0 fully saturated rings. The second-order valence-electron chi connectivity index (χ2n) is 6.59. The first-order valence-electron chi connectivity index (χ1n) is 8.97. The van der Waals surface area contributed by atoms with Crippen LogP contribution in [-0.4, -0.2) is 22.0 Å². The van der Waals surface area contributed by atoms with Crippen LogP contribution in [0.1, 0.15) is 17.2 Å². The third-order valence-corrected chi connectivity index (χ3v) is 5.33. The van der Waals surface area contributed by atoms with Gasteiger partial charge in [-0.3, -0.25) is 0 Å². The molecule has 0 saturated heterocycles. The summed E-state index contributed by atoms with van der Waals surface area (Å²) >= 11 is 5.55. The van der Waals surface area contributed by atoms with Crippen molar-refractivity contribution in [3.05, 3.63) is 71.0 Å². The van der Waals surface area contributed by atoms with Gasteiger partial charge in [-0.25, -0.2) is 9.97 Å². The van der Waals surface area contributed by atoms with Crippen LogP contribution in [0.2, 0.25) is 5.02 Å². The van der Waals surface area contributed by atoms with E-state index >= 15 is 0 Å². The van der Waals surface area contributed by atoms with E-state index in [9.17, 15) is 26.3 Å². The molecule has 3 N–H and O–H groups in total. The molecule has 0 saturated carbocycles. The summed E-state index contributed by atoms with van der Waals surface area (Å²) in [6.07, 6.45) is -3.33. The van der Waals surface area contributed by atoms with Crippen molar-refractivity contribution in [2.75, 3.05) is 11.9 Å². The van der Waals surface area contributed by atoms with E-state index in [1.807, 2.05) is 0 Å². The van der Waals surface area contributed by atoms with Gasteiger partial charge in [0, 0.05) is 29.1 Å². The molecular weight excluding hydrogens is 478 g/mol. The summed E-state index contributed by atoms with van der Waals surface area (Å²) < 4.78 is 75.9. The summed E-state index contributed by atoms with van der Waals surface area (Å²) in [6, 6.07) is 9.98. The Balaban J connectivity index is 1.67. The third kappa shape index (κ3) is 6.50. The number of nitrogens with two attached hydrogens (primary N) is 1. The smallest absolute Gasteiger partial charge is 0.368 e. The van der Waals surface area contributed by atoms with E-state index in [1.165, 1.54) is 48.8 Å². The Labute approximate surface area is 188 Å². The topological polar surface area (TPSA) is 63.8 Å². The minimum atomic E-state index is -4.56. The van der Waals surface area contributed by atoms with Crippen LogP contribution in [0.5, 0.6) is 0 Å². The van der Waals surface area contributed by atoms with Crippen molar-refractivity contribution < 1.29 is 26.3 Å². The zero-order valence-electron chi connectivity index (χ0n) is 16.0. The maximum absolute atomic E-state index is 12.9. The van der Waals surface area contributed by atoms with Crippen molar-refractivity contribution in [3.63, 3.8) is 0 Å². The van der Waals surface area contributed by atoms with E-state index in [2.05, 4.69) is 15.3 Å². The van der Waals surface area contributed by atoms with Crippen LogP contribution in [0.25, 0.3) is 11.3 Å². The summed E-state index contributed by atoms with van der Waals surface area (Å²) in [5.41, 5.74) is 2.11. The zero-order chi connectivity index (χ0) is 23.5. The number of alkyl halides is 6. The van der Waals surface area contributed by atoms with Crippen molar-refractivity contribution >= 4 is 29.2 Å². The van der Waals surface area contributed by atoms with Crippen LogP contribution >= 0.6 is 23.4 Å². The minimum Gasteiger partial charge on any atom is -0.368 e. The number of hydrogen-bond donors (Lipinski definition) is 2. The monoisotopic (exact) mass is 492 g/mol. The molecule has 1 atom stereocenters. The first-order valence-corrected chi connectivity index (χ1v) is 10.2. The van der Waals surface area contributed by atoms with Crippen LogP contribution in [0.4, 0.5) is 32.2 Å². The van der Waals surface area contributed by atoms with E-state index in [-0.39, 0.29) is 23.2 Å². The fraction of sp³-hybridized carbons (Fsp3) is 0.200. The number of thioether (sulfide) groups is 1. The summed E-state index contributed by atoms with van der Waals surface area (Å²) in [6.45, 7) is 0.204. The standard InChI is InChI=1S/C20H15ClF6N4S/c21-15-7-12(3-6-14(15)19(22,23)24)17-8-18(31-10-30-17)29-9-16(28)11-1-4-13(5-2-11)32-20(25,26)27/h1-8,10,16H,9,28H2,(H,29,30,31). The number of nitrogens with zero attached hydrogens (tertiary/aromatic N) is 2. The molecular formula is C20H15ClF6N4S. The lowest BCUT2D eigenvalue weighted by atomic mass is 10.1. The van der Waals surface area contributed by atoms with Crippen molar-refractivity contribution in [2.45, 2.75) is 22.6 Å². The molecule has 0 aliphatic carbocycles. The van der Waals surface area contributed by atoms with Crippen molar-refractivity contribution in [3.8, 4) is 11.3 Å². The van der Waals surface area contributed by atoms with Gasteiger partial charge in [0.1, 0.15) is 12.1 Å². The molecule has 1 aromatic heterocycles. The number of benzene rings is 2. The van der Waals surface area contributed by atoms with Crippen LogP contribution in [0.15, 0.2) is 59.8 Å². The van der Waals surface area contributed by atoms with E-state index in [4.69, 9.17) is 17.3 Å². The molecule has 0 bridgehead atoms. The first kappa shape index (κ1) is 24.1. The van der Waals surface area contributed by atoms with Crippen molar-refractivity contribution in [2.24, 2.45) is 5.73 Å². The van der Waals surface area contributed by atoms with Gasteiger partial charge < -0.3 is 11.1 Å². The number of aromatic nitrogens is 2. The normalized spacial score (nSPS) is 13.1. The lowest BCUT2D eigenvalue weighted by molar-refractivity contribution is -0.137. The van der Waals surface area contributed by atoms with Gasteiger partial charge in [-0.15, -0.1) is 0 Å². The highest BCUT2D eigenvalue weighted by Crippen LogP contribution is 2.37. The number of rotatable bonds is 6. The summed E-state index contributed by atoms with van der Waals surface area (Å²) in [4.78, 5) is 8.15. The lowest BCUT2D eigenvalue weighted by Gasteiger charge is -2.15. The van der Waals surface area contributed by atoms with E-state index < -0.39 is 28.3 Å². The van der Waals surface area contributed by atoms with Crippen molar-refractivity contribution in [1.82, 2.24) is 9.97 Å². The number of halogens is 7. The highest BCUT2D eigenvalue weighted by Gasteiger charge is 2.33. The number of anilines is 1. The molecule has 4 nitrogen and oxygen atoms in total. The fourth-order valence-corrected chi connectivity index (χ4v) is 3.59. The second-order valence-corrected chi connectivity index (χ2v) is 8.13. The van der Waals surface area contributed by atoms with Gasteiger partial charge >= 0.3 is 11.7 Å².